The number of carbonyl (C=O) groups is 1. The molecule has 0 saturated heterocycles. The molecular weight excluding hydrogens is 280 g/mol. The summed E-state index contributed by atoms with van der Waals surface area (Å²) in [7, 11) is 0. The van der Waals surface area contributed by atoms with Crippen LogP contribution in [0.15, 0.2) is 18.2 Å². The summed E-state index contributed by atoms with van der Waals surface area (Å²) in [5, 5.41) is 2.71. The van der Waals surface area contributed by atoms with Crippen LogP contribution in [0.5, 0.6) is 0 Å². The minimum absolute atomic E-state index is 0.0613. The van der Waals surface area contributed by atoms with Gasteiger partial charge < -0.3 is 15.8 Å². The van der Waals surface area contributed by atoms with Crippen LogP contribution in [0.2, 0.25) is 0 Å². The van der Waals surface area contributed by atoms with Crippen LogP contribution in [0, 0.1) is 5.82 Å². The van der Waals surface area contributed by atoms with Crippen LogP contribution in [-0.2, 0) is 22.3 Å². The van der Waals surface area contributed by atoms with Crippen LogP contribution >= 0.6 is 0 Å². The van der Waals surface area contributed by atoms with E-state index in [9.17, 15) is 22.4 Å². The van der Waals surface area contributed by atoms with Crippen molar-refractivity contribution in [2.24, 2.45) is 5.73 Å². The Kier molecular flexibility index (Phi) is 5.90. The molecule has 0 bridgehead atoms. The third-order valence-electron chi connectivity index (χ3n) is 2.36. The summed E-state index contributed by atoms with van der Waals surface area (Å²) >= 11 is 0. The minimum Gasteiger partial charge on any atom is -0.370 e. The summed E-state index contributed by atoms with van der Waals surface area (Å²) in [5.41, 5.74) is 3.76. The molecule has 8 heteroatoms. The first kappa shape index (κ1) is 16.4. The SMILES string of the molecule is NC(=O)COCCNCc1ccc(F)cc1C(F)(F)F. The summed E-state index contributed by atoms with van der Waals surface area (Å²) in [4.78, 5) is 10.4. The van der Waals surface area contributed by atoms with Gasteiger partial charge in [-0.3, -0.25) is 4.79 Å². The second kappa shape index (κ2) is 7.20. The number of amides is 1. The van der Waals surface area contributed by atoms with Gasteiger partial charge in [-0.2, -0.15) is 13.2 Å². The Balaban J connectivity index is 2.50. The van der Waals surface area contributed by atoms with E-state index in [0.717, 1.165) is 12.1 Å². The topological polar surface area (TPSA) is 64.4 Å². The van der Waals surface area contributed by atoms with Crippen molar-refractivity contribution in [1.82, 2.24) is 5.32 Å². The lowest BCUT2D eigenvalue weighted by atomic mass is 10.1. The molecule has 1 aromatic rings. The Labute approximate surface area is 112 Å². The van der Waals surface area contributed by atoms with E-state index in [-0.39, 0.29) is 31.9 Å². The van der Waals surface area contributed by atoms with Crippen molar-refractivity contribution in [2.45, 2.75) is 12.7 Å². The highest BCUT2D eigenvalue weighted by molar-refractivity contribution is 5.74. The number of primary amides is 1. The van der Waals surface area contributed by atoms with Gasteiger partial charge >= 0.3 is 6.18 Å². The van der Waals surface area contributed by atoms with E-state index in [4.69, 9.17) is 10.5 Å². The van der Waals surface area contributed by atoms with Gasteiger partial charge in [-0.1, -0.05) is 6.07 Å². The molecule has 0 fully saturated rings. The van der Waals surface area contributed by atoms with Gasteiger partial charge in [-0.05, 0) is 17.7 Å². The normalized spacial score (nSPS) is 11.6. The number of benzene rings is 1. The van der Waals surface area contributed by atoms with Gasteiger partial charge in [0.05, 0.1) is 12.2 Å². The Hall–Kier alpha value is -1.67. The molecule has 1 amide bonds. The van der Waals surface area contributed by atoms with Crippen molar-refractivity contribution < 1.29 is 27.1 Å². The van der Waals surface area contributed by atoms with E-state index < -0.39 is 23.5 Å². The molecule has 0 heterocycles. The first-order chi connectivity index (χ1) is 9.30. The maximum absolute atomic E-state index is 12.9. The molecule has 0 unspecified atom stereocenters. The van der Waals surface area contributed by atoms with Crippen molar-refractivity contribution >= 4 is 5.91 Å². The zero-order valence-electron chi connectivity index (χ0n) is 10.5. The largest absolute Gasteiger partial charge is 0.416 e. The number of hydrogen-bond acceptors (Lipinski definition) is 3. The molecule has 112 valence electrons. The lowest BCUT2D eigenvalue weighted by molar-refractivity contribution is -0.138. The summed E-state index contributed by atoms with van der Waals surface area (Å²) in [6.45, 7) is 0.0362. The lowest BCUT2D eigenvalue weighted by Gasteiger charge is -2.13. The molecule has 0 aliphatic heterocycles. The van der Waals surface area contributed by atoms with Crippen LogP contribution in [-0.4, -0.2) is 25.7 Å². The highest BCUT2D eigenvalue weighted by Gasteiger charge is 2.33. The van der Waals surface area contributed by atoms with Gasteiger partial charge in [0.1, 0.15) is 12.4 Å². The molecule has 0 radical (unpaired) electrons. The number of ether oxygens (including phenoxy) is 1. The second-order valence-electron chi connectivity index (χ2n) is 3.99. The van der Waals surface area contributed by atoms with Gasteiger partial charge in [-0.15, -0.1) is 0 Å². The Morgan fingerprint density at radius 3 is 2.65 bits per heavy atom. The van der Waals surface area contributed by atoms with E-state index in [2.05, 4.69) is 5.32 Å². The molecule has 4 nitrogen and oxygen atoms in total. The van der Waals surface area contributed by atoms with Crippen molar-refractivity contribution in [2.75, 3.05) is 19.8 Å². The molecule has 3 N–H and O–H groups in total. The number of hydrogen-bond donors (Lipinski definition) is 2. The number of alkyl halides is 3. The third kappa shape index (κ3) is 5.54. The van der Waals surface area contributed by atoms with Crippen molar-refractivity contribution in [3.63, 3.8) is 0 Å². The van der Waals surface area contributed by atoms with Crippen LogP contribution in [0.1, 0.15) is 11.1 Å². The minimum atomic E-state index is -4.61. The molecule has 20 heavy (non-hydrogen) atoms. The molecule has 1 rings (SSSR count). The summed E-state index contributed by atoms with van der Waals surface area (Å²) in [5.74, 6) is -1.56. The standard InChI is InChI=1S/C12H14F4N2O2/c13-9-2-1-8(10(5-9)12(14,15)16)6-18-3-4-20-7-11(17)19/h1-2,5,18H,3-4,6-7H2,(H2,17,19). The van der Waals surface area contributed by atoms with Crippen molar-refractivity contribution in [1.29, 1.82) is 0 Å². The lowest BCUT2D eigenvalue weighted by Crippen LogP contribution is -2.24. The highest BCUT2D eigenvalue weighted by Crippen LogP contribution is 2.32. The van der Waals surface area contributed by atoms with E-state index in [1.807, 2.05) is 0 Å². The highest BCUT2D eigenvalue weighted by atomic mass is 19.4. The average molecular weight is 294 g/mol. The fourth-order valence-electron chi connectivity index (χ4n) is 1.51. The zero-order chi connectivity index (χ0) is 15.2. The number of nitrogens with one attached hydrogen (secondary N) is 1. The summed E-state index contributed by atoms with van der Waals surface area (Å²) in [6, 6.07) is 2.51. The predicted molar refractivity (Wildman–Crippen MR) is 63.1 cm³/mol. The first-order valence-corrected chi connectivity index (χ1v) is 5.73. The monoisotopic (exact) mass is 294 g/mol. The van der Waals surface area contributed by atoms with Gasteiger partial charge in [0, 0.05) is 13.1 Å². The van der Waals surface area contributed by atoms with Crippen LogP contribution in [0.25, 0.3) is 0 Å². The molecule has 0 atom stereocenters. The molecule has 0 spiro atoms. The average Bonchev–Trinajstić information content (AvgIpc) is 2.33. The van der Waals surface area contributed by atoms with E-state index >= 15 is 0 Å². The Morgan fingerprint density at radius 2 is 2.05 bits per heavy atom. The zero-order valence-corrected chi connectivity index (χ0v) is 10.5. The molecule has 0 aliphatic rings. The second-order valence-corrected chi connectivity index (χ2v) is 3.99. The molecule has 1 aromatic carbocycles. The van der Waals surface area contributed by atoms with Gasteiger partial charge in [0.15, 0.2) is 0 Å². The number of halogens is 4. The first-order valence-electron chi connectivity index (χ1n) is 5.73. The van der Waals surface area contributed by atoms with E-state index in [1.54, 1.807) is 0 Å². The molecular formula is C12H14F4N2O2. The predicted octanol–water partition coefficient (Wildman–Crippen LogP) is 1.44. The maximum atomic E-state index is 12.9. The smallest absolute Gasteiger partial charge is 0.370 e. The Morgan fingerprint density at radius 1 is 1.35 bits per heavy atom. The van der Waals surface area contributed by atoms with Crippen LogP contribution in [0.4, 0.5) is 17.6 Å². The summed E-state index contributed by atoms with van der Waals surface area (Å²) in [6.07, 6.45) is -4.61. The number of nitrogens with two attached hydrogens (primary N) is 1. The maximum Gasteiger partial charge on any atom is 0.416 e. The van der Waals surface area contributed by atoms with Crippen molar-refractivity contribution in [3.05, 3.63) is 35.1 Å². The van der Waals surface area contributed by atoms with Crippen LogP contribution < -0.4 is 11.1 Å². The third-order valence-corrected chi connectivity index (χ3v) is 2.36. The quantitative estimate of drug-likeness (QED) is 0.591. The number of rotatable bonds is 7. The Bertz CT molecular complexity index is 463. The van der Waals surface area contributed by atoms with Crippen molar-refractivity contribution in [3.8, 4) is 0 Å². The molecule has 0 aliphatic carbocycles. The molecule has 0 aromatic heterocycles. The van der Waals surface area contributed by atoms with E-state index in [1.165, 1.54) is 0 Å². The summed E-state index contributed by atoms with van der Waals surface area (Å²) < 4.78 is 55.7. The van der Waals surface area contributed by atoms with Gasteiger partial charge in [0.25, 0.3) is 0 Å². The van der Waals surface area contributed by atoms with Gasteiger partial charge in [0.2, 0.25) is 5.91 Å². The fourth-order valence-corrected chi connectivity index (χ4v) is 1.51. The fraction of sp³-hybridized carbons (Fsp3) is 0.417. The van der Waals surface area contributed by atoms with Gasteiger partial charge in [-0.25, -0.2) is 4.39 Å². The van der Waals surface area contributed by atoms with E-state index in [0.29, 0.717) is 6.07 Å². The molecule has 0 saturated carbocycles. The van der Waals surface area contributed by atoms with Crippen LogP contribution in [0.3, 0.4) is 0 Å². The number of carbonyl (C=O) groups excluding carboxylic acids is 1.